The summed E-state index contributed by atoms with van der Waals surface area (Å²) < 4.78 is 6.00. The van der Waals surface area contributed by atoms with E-state index in [-0.39, 0.29) is 53.1 Å². The first-order valence-electron chi connectivity index (χ1n) is 20.2. The van der Waals surface area contributed by atoms with Gasteiger partial charge >= 0.3 is 0 Å². The highest BCUT2D eigenvalue weighted by atomic mass is 79.9. The van der Waals surface area contributed by atoms with Crippen LogP contribution in [0.2, 0.25) is 0 Å². The quantitative estimate of drug-likeness (QED) is 0.214. The molecule has 6 aliphatic rings. The zero-order valence-corrected chi connectivity index (χ0v) is 33.4. The number of hydrogen-bond donors (Lipinski definition) is 1. The molecule has 0 radical (unpaired) electrons. The number of ether oxygens (including phenoxy) is 1. The first kappa shape index (κ1) is 37.3. The molecular weight excluding hydrogens is 772 g/mol. The Labute approximate surface area is 336 Å². The Morgan fingerprint density at radius 1 is 0.679 bits per heavy atom. The van der Waals surface area contributed by atoms with E-state index in [2.05, 4.69) is 56.1 Å². The van der Waals surface area contributed by atoms with E-state index in [0.717, 1.165) is 63.2 Å². The lowest BCUT2D eigenvalue weighted by Crippen LogP contribution is -2.48. The Morgan fingerprint density at radius 3 is 1.73 bits per heavy atom. The summed E-state index contributed by atoms with van der Waals surface area (Å²) >= 11 is 3.51. The van der Waals surface area contributed by atoms with Crippen LogP contribution in [-0.4, -0.2) is 93.7 Å². The predicted molar refractivity (Wildman–Crippen MR) is 213 cm³/mol. The lowest BCUT2D eigenvalue weighted by atomic mass is 9.57. The van der Waals surface area contributed by atoms with Gasteiger partial charge in [0.25, 0.3) is 0 Å². The zero-order valence-electron chi connectivity index (χ0n) is 31.8. The molecule has 3 aromatic carbocycles. The number of imide groups is 2. The number of aromatic hydroxyl groups is 1. The van der Waals surface area contributed by atoms with Crippen LogP contribution in [-0.2, 0) is 32.3 Å². The number of allylic oxidation sites excluding steroid dienone is 2. The second kappa shape index (κ2) is 15.2. The van der Waals surface area contributed by atoms with Gasteiger partial charge in [0.15, 0.2) is 11.5 Å². The van der Waals surface area contributed by atoms with E-state index in [1.165, 1.54) is 18.2 Å². The van der Waals surface area contributed by atoms with Crippen LogP contribution in [0.25, 0.3) is 0 Å². The maximum atomic E-state index is 14.8. The van der Waals surface area contributed by atoms with Crippen LogP contribution >= 0.6 is 15.9 Å². The Morgan fingerprint density at radius 2 is 1.20 bits per heavy atom. The normalized spacial score (nSPS) is 29.0. The maximum absolute atomic E-state index is 14.8. The van der Waals surface area contributed by atoms with Gasteiger partial charge in [-0.05, 0) is 89.2 Å². The Bertz CT molecular complexity index is 2040. The highest BCUT2D eigenvalue weighted by Gasteiger charge is 2.63. The molecule has 4 amide bonds. The van der Waals surface area contributed by atoms with E-state index in [1.54, 1.807) is 15.9 Å². The molecule has 1 N–H and O–H groups in total. The van der Waals surface area contributed by atoms with Crippen LogP contribution < -0.4 is 4.74 Å². The first-order chi connectivity index (χ1) is 27.2. The van der Waals surface area contributed by atoms with E-state index >= 15 is 0 Å². The summed E-state index contributed by atoms with van der Waals surface area (Å²) in [4.78, 5) is 66.3. The van der Waals surface area contributed by atoms with Gasteiger partial charge in [0.2, 0.25) is 23.6 Å². The number of carbonyl (C=O) groups is 4. The summed E-state index contributed by atoms with van der Waals surface area (Å²) in [7, 11) is 1.49. The second-order valence-electron chi connectivity index (χ2n) is 16.7. The predicted octanol–water partition coefficient (Wildman–Crippen LogP) is 6.13. The number of carbonyl (C=O) groups excluding carboxylic acids is 4. The molecule has 6 unspecified atom stereocenters. The molecule has 56 heavy (non-hydrogen) atoms. The minimum absolute atomic E-state index is 0.0439. The zero-order chi connectivity index (χ0) is 38.7. The van der Waals surface area contributed by atoms with Crippen molar-refractivity contribution >= 4 is 39.6 Å². The van der Waals surface area contributed by atoms with Crippen LogP contribution in [0.5, 0.6) is 11.5 Å². The van der Waals surface area contributed by atoms with E-state index in [9.17, 15) is 24.3 Å². The van der Waals surface area contributed by atoms with Crippen LogP contribution in [0.4, 0.5) is 0 Å². The number of nitrogens with zero attached hydrogens (tertiary/aromatic N) is 4. The molecule has 4 saturated heterocycles. The number of hydrogen-bond acceptors (Lipinski definition) is 8. The van der Waals surface area contributed by atoms with E-state index < -0.39 is 29.6 Å². The molecule has 9 rings (SSSR count). The number of phenols is 1. The van der Waals surface area contributed by atoms with Crippen molar-refractivity contribution in [1.29, 1.82) is 0 Å². The number of halogens is 1. The van der Waals surface area contributed by atoms with Crippen molar-refractivity contribution in [2.45, 2.75) is 69.6 Å². The summed E-state index contributed by atoms with van der Waals surface area (Å²) in [5.74, 6) is -3.51. The fourth-order valence-electron chi connectivity index (χ4n) is 11.0. The monoisotopic (exact) mass is 820 g/mol. The second-order valence-corrected chi connectivity index (χ2v) is 17.5. The van der Waals surface area contributed by atoms with Crippen LogP contribution in [0, 0.1) is 29.6 Å². The lowest BCUT2D eigenvalue weighted by molar-refractivity contribution is -0.146. The fourth-order valence-corrected chi connectivity index (χ4v) is 11.5. The number of amides is 4. The Hall–Kier alpha value is -4.32. The number of rotatable bonds is 8. The van der Waals surface area contributed by atoms with Crippen molar-refractivity contribution in [1.82, 2.24) is 19.6 Å². The lowest BCUT2D eigenvalue weighted by Gasteiger charge is -2.44. The van der Waals surface area contributed by atoms with Crippen molar-refractivity contribution in [2.24, 2.45) is 29.6 Å². The number of benzene rings is 3. The van der Waals surface area contributed by atoms with Gasteiger partial charge in [0.05, 0.1) is 35.3 Å². The molecule has 10 nitrogen and oxygen atoms in total. The van der Waals surface area contributed by atoms with Gasteiger partial charge in [-0.2, -0.15) is 0 Å². The topological polar surface area (TPSA) is 111 Å². The fraction of sp³-hybridized carbons (Fsp3) is 0.467. The van der Waals surface area contributed by atoms with Crippen molar-refractivity contribution < 1.29 is 29.0 Å². The average molecular weight is 822 g/mol. The Balaban J connectivity index is 0.986. The molecule has 4 heterocycles. The minimum atomic E-state index is -0.651. The molecule has 0 aromatic heterocycles. The molecular formula is C45H49BrN4O6. The van der Waals surface area contributed by atoms with Crippen molar-refractivity contribution in [3.63, 3.8) is 0 Å². The van der Waals surface area contributed by atoms with Crippen molar-refractivity contribution in [3.05, 3.63) is 106 Å². The molecule has 11 heteroatoms. The number of fused-ring (bicyclic) bond motifs is 4. The van der Waals surface area contributed by atoms with Gasteiger partial charge in [0.1, 0.15) is 0 Å². The van der Waals surface area contributed by atoms with Gasteiger partial charge in [-0.3, -0.25) is 38.8 Å². The third-order valence-corrected chi connectivity index (χ3v) is 14.3. The summed E-state index contributed by atoms with van der Waals surface area (Å²) in [5.41, 5.74) is 4.19. The molecule has 0 bridgehead atoms. The van der Waals surface area contributed by atoms with Crippen LogP contribution in [0.3, 0.4) is 0 Å². The maximum Gasteiger partial charge on any atom is 0.234 e. The Kier molecular flexibility index (Phi) is 10.1. The van der Waals surface area contributed by atoms with Crippen molar-refractivity contribution in [3.8, 4) is 11.5 Å². The standard InChI is InChI=1S/C45H49BrN4O6/c1-56-37-23-29(22-36(46)41(37)51)38-32-12-13-33-39(44(54)49(42(33)52)30-14-18-47(19-15-30)25-27-8-4-2-5-9-27)34(32)24-35-40(38)45(55)50(43(35)53)31-16-20-48(21-17-31)26-28-10-6-3-7-11-28/h2-12,22-23,30-31,33-35,38-40,51H,13-21,24-26H2,1H3. The SMILES string of the molecule is COc1cc(C2C3=CCC4C(=O)N(C5CCN(Cc6ccccc6)CC5)C(=O)C4C3CC3C(=O)N(C4CCN(Cc5ccccc5)CC4)C(=O)C32)cc(Br)c1O. The van der Waals surface area contributed by atoms with E-state index in [4.69, 9.17) is 4.74 Å². The van der Waals surface area contributed by atoms with E-state index in [1.807, 2.05) is 42.5 Å². The third-order valence-electron chi connectivity index (χ3n) is 13.7. The van der Waals surface area contributed by atoms with Gasteiger partial charge in [-0.1, -0.05) is 72.3 Å². The number of piperidine rings is 2. The molecule has 292 valence electrons. The number of phenolic OH excluding ortho intramolecular Hbond substituents is 1. The molecule has 4 aliphatic heterocycles. The van der Waals surface area contributed by atoms with Gasteiger partial charge < -0.3 is 9.84 Å². The number of likely N-dealkylation sites (tertiary alicyclic amines) is 4. The summed E-state index contributed by atoms with van der Waals surface area (Å²) in [5, 5.41) is 10.8. The number of methoxy groups -OCH3 is 1. The highest BCUT2D eigenvalue weighted by Crippen LogP contribution is 2.59. The molecule has 5 fully saturated rings. The van der Waals surface area contributed by atoms with Crippen LogP contribution in [0.1, 0.15) is 61.1 Å². The summed E-state index contributed by atoms with van der Waals surface area (Å²) in [6.45, 7) is 4.85. The summed E-state index contributed by atoms with van der Waals surface area (Å²) in [6, 6.07) is 23.9. The largest absolute Gasteiger partial charge is 0.503 e. The van der Waals surface area contributed by atoms with Gasteiger partial charge in [-0.15, -0.1) is 0 Å². The minimum Gasteiger partial charge on any atom is -0.503 e. The summed E-state index contributed by atoms with van der Waals surface area (Å²) in [6.07, 6.45) is 5.75. The smallest absolute Gasteiger partial charge is 0.234 e. The molecule has 3 aromatic rings. The molecule has 1 saturated carbocycles. The van der Waals surface area contributed by atoms with Crippen molar-refractivity contribution in [2.75, 3.05) is 33.3 Å². The third kappa shape index (κ3) is 6.49. The average Bonchev–Trinajstić information content (AvgIpc) is 3.63. The van der Waals surface area contributed by atoms with Gasteiger partial charge in [-0.25, -0.2) is 0 Å². The molecule has 6 atom stereocenters. The first-order valence-corrected chi connectivity index (χ1v) is 21.0. The van der Waals surface area contributed by atoms with Gasteiger partial charge in [0, 0.05) is 57.3 Å². The highest BCUT2D eigenvalue weighted by molar-refractivity contribution is 9.10. The molecule has 2 aliphatic carbocycles. The van der Waals surface area contributed by atoms with E-state index in [0.29, 0.717) is 30.2 Å². The van der Waals surface area contributed by atoms with Crippen LogP contribution in [0.15, 0.2) is 88.9 Å². The molecule has 0 spiro atoms.